The lowest BCUT2D eigenvalue weighted by atomic mass is 10.0. The van der Waals surface area contributed by atoms with Gasteiger partial charge >= 0.3 is 18.3 Å². The van der Waals surface area contributed by atoms with Crippen LogP contribution in [0.25, 0.3) is 44.0 Å². The van der Waals surface area contributed by atoms with Crippen molar-refractivity contribution >= 4 is 27.4 Å². The summed E-state index contributed by atoms with van der Waals surface area (Å²) in [6.45, 7) is 1.39. The Morgan fingerprint density at radius 3 is 2.18 bits per heavy atom. The van der Waals surface area contributed by atoms with E-state index in [2.05, 4.69) is 9.97 Å². The average molecular weight is 653 g/mol. The maximum absolute atomic E-state index is 13.1. The second-order valence-electron chi connectivity index (χ2n) is 9.87. The van der Waals surface area contributed by atoms with E-state index in [-0.39, 0.29) is 5.56 Å². The lowest BCUT2D eigenvalue weighted by molar-refractivity contribution is -0.206. The molecule has 0 aliphatic carbocycles. The van der Waals surface area contributed by atoms with Crippen LogP contribution in [0.3, 0.4) is 0 Å². The number of aromatic amines is 1. The minimum absolute atomic E-state index is 0.144. The number of nitrogens with one attached hydrogen (secondary N) is 1. The number of aliphatic hydroxyl groups excluding tert-OH is 1. The Morgan fingerprint density at radius 2 is 1.60 bits per heavy atom. The maximum Gasteiger partial charge on any atom is 0.490 e. The molecule has 0 unspecified atom stereocenters. The van der Waals surface area contributed by atoms with Crippen molar-refractivity contribution in [2.45, 2.75) is 18.5 Å². The molecule has 0 saturated heterocycles. The van der Waals surface area contributed by atoms with Gasteiger partial charge < -0.3 is 24.8 Å². The van der Waals surface area contributed by atoms with Crippen LogP contribution in [0.4, 0.5) is 26.3 Å². The van der Waals surface area contributed by atoms with Crippen molar-refractivity contribution in [3.05, 3.63) is 77.9 Å². The number of rotatable bonds is 8. The molecule has 5 rings (SSSR count). The lowest BCUT2D eigenvalue weighted by Gasteiger charge is -2.13. The molecule has 8 nitrogen and oxygen atoms in total. The molecule has 0 amide bonds. The highest BCUT2D eigenvalue weighted by molar-refractivity contribution is 7.17. The molecule has 0 radical (unpaired) electrons. The fourth-order valence-electron chi connectivity index (χ4n) is 4.09. The zero-order valence-electron chi connectivity index (χ0n) is 23.6. The molecule has 0 aliphatic heterocycles. The van der Waals surface area contributed by atoms with Gasteiger partial charge in [-0.05, 0) is 67.3 Å². The molecule has 3 N–H and O–H groups in total. The van der Waals surface area contributed by atoms with Gasteiger partial charge in [-0.3, -0.25) is 4.98 Å². The SMILES string of the molecule is CN(C)CCOc1ccc(-c2nc(-c3ccc4c([C@@H](O)C(F)(F)F)csc4c3)c(-c3ccncc3)[nH]2)cc1.O=C(O)C(F)(F)F. The highest BCUT2D eigenvalue weighted by atomic mass is 32.1. The number of thiophene rings is 1. The van der Waals surface area contributed by atoms with Gasteiger partial charge in [-0.15, -0.1) is 11.3 Å². The van der Waals surface area contributed by atoms with Gasteiger partial charge in [0.2, 0.25) is 0 Å². The van der Waals surface area contributed by atoms with Crippen LogP contribution in [0.1, 0.15) is 11.7 Å². The quantitative estimate of drug-likeness (QED) is 0.152. The van der Waals surface area contributed by atoms with E-state index in [1.807, 2.05) is 55.4 Å². The fraction of sp³-hybridized carbons (Fsp3) is 0.233. The molecule has 3 heterocycles. The molecule has 0 aliphatic rings. The molecule has 0 bridgehead atoms. The first-order valence-corrected chi connectivity index (χ1v) is 14.0. The molecular formula is C30H26F6N4O4S. The Morgan fingerprint density at radius 1 is 0.978 bits per heavy atom. The number of halogens is 6. The minimum atomic E-state index is -5.08. The molecule has 45 heavy (non-hydrogen) atoms. The number of H-pyrrole nitrogens is 1. The third-order valence-corrected chi connectivity index (χ3v) is 7.30. The summed E-state index contributed by atoms with van der Waals surface area (Å²) in [6.07, 6.45) is -8.97. The number of pyridine rings is 1. The van der Waals surface area contributed by atoms with E-state index in [0.717, 1.165) is 46.0 Å². The Labute approximate surface area is 256 Å². The monoisotopic (exact) mass is 652 g/mol. The number of benzene rings is 2. The van der Waals surface area contributed by atoms with E-state index < -0.39 is 24.4 Å². The highest BCUT2D eigenvalue weighted by Gasteiger charge is 2.40. The van der Waals surface area contributed by atoms with E-state index >= 15 is 0 Å². The molecular weight excluding hydrogens is 626 g/mol. The van der Waals surface area contributed by atoms with E-state index in [1.165, 1.54) is 5.38 Å². The number of hydrogen-bond acceptors (Lipinski definition) is 7. The third-order valence-electron chi connectivity index (χ3n) is 6.33. The first-order valence-electron chi connectivity index (χ1n) is 13.1. The topological polar surface area (TPSA) is 112 Å². The number of ether oxygens (including phenoxy) is 1. The summed E-state index contributed by atoms with van der Waals surface area (Å²) in [4.78, 5) is 23.3. The predicted octanol–water partition coefficient (Wildman–Crippen LogP) is 7.19. The van der Waals surface area contributed by atoms with Gasteiger partial charge in [0.1, 0.15) is 18.2 Å². The van der Waals surface area contributed by atoms with Gasteiger partial charge in [0, 0.05) is 45.9 Å². The number of likely N-dealkylation sites (N-methyl/N-ethyl adjacent to an activating group) is 1. The zero-order valence-corrected chi connectivity index (χ0v) is 24.5. The number of hydrogen-bond donors (Lipinski definition) is 3. The van der Waals surface area contributed by atoms with Crippen LogP contribution in [-0.2, 0) is 4.79 Å². The van der Waals surface area contributed by atoms with Gasteiger partial charge in [-0.25, -0.2) is 9.78 Å². The van der Waals surface area contributed by atoms with Gasteiger partial charge in [0.05, 0.1) is 11.4 Å². The number of carboxylic acid groups (broad SMARTS) is 1. The minimum Gasteiger partial charge on any atom is -0.492 e. The number of nitrogens with zero attached hydrogens (tertiary/aromatic N) is 3. The number of aliphatic carboxylic acids is 1. The van der Waals surface area contributed by atoms with Gasteiger partial charge in [0.25, 0.3) is 0 Å². The van der Waals surface area contributed by atoms with Crippen molar-refractivity contribution < 1.29 is 46.1 Å². The second-order valence-corrected chi connectivity index (χ2v) is 10.8. The fourth-order valence-corrected chi connectivity index (χ4v) is 5.10. The molecule has 1 atom stereocenters. The molecule has 3 aromatic heterocycles. The number of fused-ring (bicyclic) bond motifs is 1. The lowest BCUT2D eigenvalue weighted by Crippen LogP contribution is -2.21. The summed E-state index contributed by atoms with van der Waals surface area (Å²) in [6, 6.07) is 16.5. The maximum atomic E-state index is 13.1. The van der Waals surface area contributed by atoms with Crippen LogP contribution in [-0.4, -0.2) is 75.6 Å². The molecule has 0 saturated carbocycles. The van der Waals surface area contributed by atoms with Crippen molar-refractivity contribution in [2.24, 2.45) is 0 Å². The van der Waals surface area contributed by atoms with Crippen molar-refractivity contribution in [3.63, 3.8) is 0 Å². The zero-order chi connectivity index (χ0) is 32.9. The Balaban J connectivity index is 0.000000591. The summed E-state index contributed by atoms with van der Waals surface area (Å²) < 4.78 is 77.6. The van der Waals surface area contributed by atoms with Crippen molar-refractivity contribution in [1.82, 2.24) is 19.9 Å². The first kappa shape index (κ1) is 33.4. The number of carbonyl (C=O) groups is 1. The van der Waals surface area contributed by atoms with Crippen LogP contribution in [0, 0.1) is 0 Å². The molecule has 2 aromatic carbocycles. The summed E-state index contributed by atoms with van der Waals surface area (Å²) in [7, 11) is 3.98. The predicted molar refractivity (Wildman–Crippen MR) is 157 cm³/mol. The van der Waals surface area contributed by atoms with Gasteiger partial charge in [0.15, 0.2) is 6.10 Å². The van der Waals surface area contributed by atoms with Crippen molar-refractivity contribution in [3.8, 4) is 39.7 Å². The molecule has 0 spiro atoms. The van der Waals surface area contributed by atoms with E-state index in [0.29, 0.717) is 28.2 Å². The number of aliphatic hydroxyl groups is 1. The van der Waals surface area contributed by atoms with Crippen molar-refractivity contribution in [2.75, 3.05) is 27.2 Å². The molecule has 15 heteroatoms. The largest absolute Gasteiger partial charge is 0.492 e. The van der Waals surface area contributed by atoms with Crippen LogP contribution >= 0.6 is 11.3 Å². The normalized spacial score (nSPS) is 12.6. The second kappa shape index (κ2) is 13.7. The Hall–Kier alpha value is -4.47. The highest BCUT2D eigenvalue weighted by Crippen LogP contribution is 2.41. The summed E-state index contributed by atoms with van der Waals surface area (Å²) in [5.74, 6) is -1.35. The number of carboxylic acids is 1. The van der Waals surface area contributed by atoms with Crippen LogP contribution < -0.4 is 4.74 Å². The van der Waals surface area contributed by atoms with Crippen LogP contribution in [0.5, 0.6) is 5.75 Å². The summed E-state index contributed by atoms with van der Waals surface area (Å²) >= 11 is 1.16. The van der Waals surface area contributed by atoms with Gasteiger partial charge in [-0.1, -0.05) is 12.1 Å². The number of imidazole rings is 1. The van der Waals surface area contributed by atoms with Crippen LogP contribution in [0.2, 0.25) is 0 Å². The average Bonchev–Trinajstić information content (AvgIpc) is 3.61. The summed E-state index contributed by atoms with van der Waals surface area (Å²) in [5.41, 5.74) is 3.75. The summed E-state index contributed by atoms with van der Waals surface area (Å²) in [5, 5.41) is 18.6. The van der Waals surface area contributed by atoms with E-state index in [1.54, 1.807) is 30.6 Å². The van der Waals surface area contributed by atoms with Crippen LogP contribution in [0.15, 0.2) is 72.4 Å². The third kappa shape index (κ3) is 8.38. The molecule has 0 fully saturated rings. The van der Waals surface area contributed by atoms with Crippen molar-refractivity contribution in [1.29, 1.82) is 0 Å². The smallest absolute Gasteiger partial charge is 0.490 e. The van der Waals surface area contributed by atoms with Gasteiger partial charge in [-0.2, -0.15) is 26.3 Å². The standard InChI is InChI=1S/C28H25F3N4O2S.C2HF3O2/c1-35(2)13-14-37-20-6-3-18(4-7-20)27-33-24(17-9-11-32-12-10-17)25(34-27)19-5-8-21-22(16-38-23(21)15-19)26(36)28(29,30)31;3-2(4,5)1(6)7/h3-12,15-16,26,36H,13-14H2,1-2H3,(H,33,34);(H,6,7)/t26-;/m1./s1. The number of alkyl halides is 6. The van der Waals surface area contributed by atoms with E-state index in [9.17, 15) is 31.4 Å². The molecule has 5 aromatic rings. The van der Waals surface area contributed by atoms with E-state index in [4.69, 9.17) is 19.6 Å². The molecule has 238 valence electrons. The first-order chi connectivity index (χ1) is 21.1. The number of aromatic nitrogens is 3. The Bertz CT molecular complexity index is 1740. The Kier molecular flexibility index (Phi) is 10.2.